The van der Waals surface area contributed by atoms with Gasteiger partial charge >= 0.3 is 0 Å². The van der Waals surface area contributed by atoms with Crippen LogP contribution in [0.5, 0.6) is 0 Å². The quantitative estimate of drug-likeness (QED) is 0.163. The fraction of sp³-hybridized carbons (Fsp3) is 0. The van der Waals surface area contributed by atoms with Crippen molar-refractivity contribution in [1.82, 2.24) is 0 Å². The molecule has 0 amide bonds. The lowest BCUT2D eigenvalue weighted by atomic mass is 9.39. The van der Waals surface area contributed by atoms with Gasteiger partial charge in [0.25, 0.3) is 0 Å². The molecule has 1 heterocycles. The SMILES string of the molecule is c1ccc(B2c3ccccc3-c3c2cc2ccc4c(-c5ccccc5-c5ccccc5)ccc5ccc3c2c54)cc1. The largest absolute Gasteiger partial charge is 0.242 e. The van der Waals surface area contributed by atoms with Crippen molar-refractivity contribution in [3.05, 3.63) is 152 Å². The van der Waals surface area contributed by atoms with Gasteiger partial charge in [-0.2, -0.15) is 0 Å². The molecule has 0 aromatic heterocycles. The molecule has 0 fully saturated rings. The van der Waals surface area contributed by atoms with Gasteiger partial charge in [-0.15, -0.1) is 0 Å². The first kappa shape index (κ1) is 22.7. The molecule has 8 aromatic carbocycles. The van der Waals surface area contributed by atoms with Gasteiger partial charge in [-0.05, 0) is 65.7 Å². The lowest BCUT2D eigenvalue weighted by Gasteiger charge is -2.19. The Morgan fingerprint density at radius 3 is 1.80 bits per heavy atom. The van der Waals surface area contributed by atoms with Crippen molar-refractivity contribution in [3.63, 3.8) is 0 Å². The van der Waals surface area contributed by atoms with Gasteiger partial charge in [0.1, 0.15) is 0 Å². The van der Waals surface area contributed by atoms with E-state index < -0.39 is 0 Å². The Bertz CT molecular complexity index is 2250. The summed E-state index contributed by atoms with van der Waals surface area (Å²) < 4.78 is 0. The Hall–Kier alpha value is -5.14. The van der Waals surface area contributed by atoms with Crippen LogP contribution in [0.15, 0.2) is 152 Å². The van der Waals surface area contributed by atoms with E-state index >= 15 is 0 Å². The molecule has 0 unspecified atom stereocenters. The minimum absolute atomic E-state index is 0.248. The minimum Gasteiger partial charge on any atom is -0.0686 e. The van der Waals surface area contributed by atoms with Crippen LogP contribution in [0.1, 0.15) is 0 Å². The van der Waals surface area contributed by atoms with Crippen molar-refractivity contribution in [2.24, 2.45) is 0 Å². The molecule has 0 N–H and O–H groups in total. The summed E-state index contributed by atoms with van der Waals surface area (Å²) in [6.45, 7) is 0.248. The van der Waals surface area contributed by atoms with E-state index in [4.69, 9.17) is 0 Å². The predicted octanol–water partition coefficient (Wildman–Crippen LogP) is 8.41. The minimum atomic E-state index is 0.248. The highest BCUT2D eigenvalue weighted by molar-refractivity contribution is 6.99. The number of hydrogen-bond acceptors (Lipinski definition) is 0. The summed E-state index contributed by atoms with van der Waals surface area (Å²) in [5.41, 5.74) is 12.0. The Kier molecular flexibility index (Phi) is 4.80. The molecule has 0 atom stereocenters. The number of fused-ring (bicyclic) bond motifs is 4. The van der Waals surface area contributed by atoms with E-state index in [1.165, 1.54) is 82.1 Å². The van der Waals surface area contributed by atoms with Crippen LogP contribution in [0.3, 0.4) is 0 Å². The molecule has 8 aromatic rings. The number of benzene rings is 8. The molecule has 9 rings (SSSR count). The number of hydrogen-bond donors (Lipinski definition) is 0. The molecule has 0 saturated carbocycles. The summed E-state index contributed by atoms with van der Waals surface area (Å²) in [5, 5.41) is 8.03. The first-order valence-corrected chi connectivity index (χ1v) is 14.4. The maximum absolute atomic E-state index is 2.47. The molecule has 0 radical (unpaired) electrons. The zero-order chi connectivity index (χ0) is 26.9. The first-order chi connectivity index (χ1) is 20.4. The summed E-state index contributed by atoms with van der Waals surface area (Å²) in [6, 6.07) is 56.1. The van der Waals surface area contributed by atoms with Gasteiger partial charge in [0.05, 0.1) is 0 Å². The second-order valence-corrected chi connectivity index (χ2v) is 11.2. The van der Waals surface area contributed by atoms with E-state index in [0.29, 0.717) is 0 Å². The number of rotatable bonds is 3. The molecule has 0 nitrogen and oxygen atoms in total. The van der Waals surface area contributed by atoms with Crippen molar-refractivity contribution in [2.75, 3.05) is 0 Å². The molecule has 1 aliphatic heterocycles. The van der Waals surface area contributed by atoms with E-state index in [-0.39, 0.29) is 6.71 Å². The third-order valence-electron chi connectivity index (χ3n) is 9.10. The molecular weight excluding hydrogens is 491 g/mol. The topological polar surface area (TPSA) is 0 Å². The van der Waals surface area contributed by atoms with Gasteiger partial charge in [0.2, 0.25) is 6.71 Å². The molecule has 188 valence electrons. The summed E-state index contributed by atoms with van der Waals surface area (Å²) >= 11 is 0. The predicted molar refractivity (Wildman–Crippen MR) is 178 cm³/mol. The van der Waals surface area contributed by atoms with Crippen molar-refractivity contribution < 1.29 is 0 Å². The van der Waals surface area contributed by atoms with Crippen LogP contribution < -0.4 is 16.4 Å². The normalized spacial score (nSPS) is 12.3. The highest BCUT2D eigenvalue weighted by Gasteiger charge is 2.35. The second-order valence-electron chi connectivity index (χ2n) is 11.2. The van der Waals surface area contributed by atoms with Crippen molar-refractivity contribution in [3.8, 4) is 33.4 Å². The monoisotopic (exact) mass is 516 g/mol. The van der Waals surface area contributed by atoms with E-state index in [0.717, 1.165) is 0 Å². The van der Waals surface area contributed by atoms with E-state index in [1.54, 1.807) is 0 Å². The molecule has 41 heavy (non-hydrogen) atoms. The highest BCUT2D eigenvalue weighted by atomic mass is 14.2. The van der Waals surface area contributed by atoms with Crippen molar-refractivity contribution >= 4 is 55.4 Å². The van der Waals surface area contributed by atoms with Crippen LogP contribution in [0.25, 0.3) is 65.7 Å². The Morgan fingerprint density at radius 2 is 0.976 bits per heavy atom. The van der Waals surface area contributed by atoms with Gasteiger partial charge in [0, 0.05) is 0 Å². The molecule has 0 saturated heterocycles. The van der Waals surface area contributed by atoms with Crippen LogP contribution in [-0.4, -0.2) is 6.71 Å². The van der Waals surface area contributed by atoms with Crippen LogP contribution in [0, 0.1) is 0 Å². The van der Waals surface area contributed by atoms with Gasteiger partial charge in [-0.1, -0.05) is 168 Å². The maximum atomic E-state index is 2.47. The van der Waals surface area contributed by atoms with Gasteiger partial charge < -0.3 is 0 Å². The average molecular weight is 516 g/mol. The lowest BCUT2D eigenvalue weighted by Crippen LogP contribution is -2.48. The molecular formula is C40H25B. The lowest BCUT2D eigenvalue weighted by molar-refractivity contribution is 1.60. The molecule has 0 bridgehead atoms. The summed E-state index contributed by atoms with van der Waals surface area (Å²) in [6.07, 6.45) is 0. The summed E-state index contributed by atoms with van der Waals surface area (Å²) in [7, 11) is 0. The zero-order valence-corrected chi connectivity index (χ0v) is 22.5. The van der Waals surface area contributed by atoms with Crippen LogP contribution >= 0.6 is 0 Å². The molecule has 1 heteroatoms. The van der Waals surface area contributed by atoms with Gasteiger partial charge in [-0.25, -0.2) is 0 Å². The first-order valence-electron chi connectivity index (χ1n) is 14.4. The van der Waals surface area contributed by atoms with E-state index in [9.17, 15) is 0 Å². The summed E-state index contributed by atoms with van der Waals surface area (Å²) in [4.78, 5) is 0. The third kappa shape index (κ3) is 3.24. The fourth-order valence-electron chi connectivity index (χ4n) is 7.40. The third-order valence-corrected chi connectivity index (χ3v) is 9.10. The highest BCUT2D eigenvalue weighted by Crippen LogP contribution is 2.44. The smallest absolute Gasteiger partial charge is 0.0686 e. The van der Waals surface area contributed by atoms with Crippen LogP contribution in [-0.2, 0) is 0 Å². The van der Waals surface area contributed by atoms with E-state index in [2.05, 4.69) is 152 Å². The van der Waals surface area contributed by atoms with Crippen LogP contribution in [0.2, 0.25) is 0 Å². The second kappa shape index (κ2) is 8.68. The summed E-state index contributed by atoms with van der Waals surface area (Å²) in [5.74, 6) is 0. The van der Waals surface area contributed by atoms with Gasteiger partial charge in [-0.3, -0.25) is 0 Å². The molecule has 0 aliphatic carbocycles. The fourth-order valence-corrected chi connectivity index (χ4v) is 7.40. The maximum Gasteiger partial charge on any atom is 0.242 e. The van der Waals surface area contributed by atoms with Gasteiger partial charge in [0.15, 0.2) is 0 Å². The molecule has 1 aliphatic rings. The van der Waals surface area contributed by atoms with E-state index in [1.807, 2.05) is 0 Å². The Labute approximate surface area is 240 Å². The van der Waals surface area contributed by atoms with Crippen molar-refractivity contribution in [1.29, 1.82) is 0 Å². The average Bonchev–Trinajstić information content (AvgIpc) is 3.38. The molecule has 0 spiro atoms. The van der Waals surface area contributed by atoms with Crippen LogP contribution in [0.4, 0.5) is 0 Å². The van der Waals surface area contributed by atoms with Crippen molar-refractivity contribution in [2.45, 2.75) is 0 Å². The standard InChI is InChI=1S/C40H25B/c1-3-11-26(12-4-1)30-15-7-8-16-31(30)32-22-19-27-20-24-35-39-28(21-23-33(32)38(27)39)25-37-40(35)34-17-9-10-18-36(34)41(37)29-13-5-2-6-14-29/h1-25H. The zero-order valence-electron chi connectivity index (χ0n) is 22.5. The Morgan fingerprint density at radius 1 is 0.366 bits per heavy atom. The Balaban J connectivity index is 1.36.